The van der Waals surface area contributed by atoms with E-state index in [1.807, 2.05) is 13.0 Å². The van der Waals surface area contributed by atoms with E-state index in [1.54, 1.807) is 6.08 Å². The molecule has 2 N–H and O–H groups in total. The van der Waals surface area contributed by atoms with E-state index in [1.165, 1.54) is 0 Å². The Hall–Kier alpha value is -0.540. The molecular weight excluding hydrogens is 200 g/mol. The van der Waals surface area contributed by atoms with Crippen LogP contribution in [0.5, 0.6) is 0 Å². The molecule has 0 spiro atoms. The summed E-state index contributed by atoms with van der Waals surface area (Å²) in [6, 6.07) is 0.454. The van der Waals surface area contributed by atoms with Crippen molar-refractivity contribution in [2.24, 2.45) is 11.8 Å². The summed E-state index contributed by atoms with van der Waals surface area (Å²) in [5, 5.41) is 6.32. The minimum absolute atomic E-state index is 0. The average molecular weight is 217 g/mol. The number of fused-ring (bicyclic) bond motifs is 1. The smallest absolute Gasteiger partial charge is 0.243 e. The number of hydrogen-bond donors (Lipinski definition) is 2. The molecule has 4 heteroatoms. The fourth-order valence-electron chi connectivity index (χ4n) is 2.07. The van der Waals surface area contributed by atoms with Crippen molar-refractivity contribution in [1.82, 2.24) is 10.6 Å². The normalized spacial score (nSPS) is 33.6. The topological polar surface area (TPSA) is 41.1 Å². The summed E-state index contributed by atoms with van der Waals surface area (Å²) in [7, 11) is 0. The van der Waals surface area contributed by atoms with E-state index in [2.05, 4.69) is 10.6 Å². The molecule has 80 valence electrons. The molecule has 0 radical (unpaired) electrons. The maximum atomic E-state index is 11.3. The fraction of sp³-hybridized carbons (Fsp3) is 0.700. The molecule has 1 heterocycles. The van der Waals surface area contributed by atoms with E-state index >= 15 is 0 Å². The van der Waals surface area contributed by atoms with Gasteiger partial charge in [-0.15, -0.1) is 12.4 Å². The van der Waals surface area contributed by atoms with Crippen molar-refractivity contribution in [3.8, 4) is 0 Å². The number of piperidine rings is 1. The molecule has 1 amide bonds. The molecule has 0 bridgehead atoms. The SMILES string of the molecule is CC/C=C/C(=O)NC1[C@H]2CNC[C@@H]12.Cl. The third-order valence-corrected chi connectivity index (χ3v) is 2.91. The first-order chi connectivity index (χ1) is 6.33. The van der Waals surface area contributed by atoms with E-state index in [4.69, 9.17) is 0 Å². The van der Waals surface area contributed by atoms with Crippen LogP contribution in [-0.4, -0.2) is 25.0 Å². The first kappa shape index (κ1) is 11.5. The number of nitrogens with one attached hydrogen (secondary N) is 2. The van der Waals surface area contributed by atoms with Crippen LogP contribution in [0.2, 0.25) is 0 Å². The molecule has 3 nitrogen and oxygen atoms in total. The summed E-state index contributed by atoms with van der Waals surface area (Å²) in [6.07, 6.45) is 4.46. The van der Waals surface area contributed by atoms with Crippen LogP contribution < -0.4 is 10.6 Å². The van der Waals surface area contributed by atoms with Crippen molar-refractivity contribution in [2.75, 3.05) is 13.1 Å². The molecule has 2 rings (SSSR count). The number of amides is 1. The molecular formula is C10H17ClN2O. The number of allylic oxidation sites excluding steroid dienone is 1. The number of carbonyl (C=O) groups is 1. The first-order valence-corrected chi connectivity index (χ1v) is 5.00. The molecule has 0 aromatic carbocycles. The summed E-state index contributed by atoms with van der Waals surface area (Å²) in [5.74, 6) is 1.49. The molecule has 0 aromatic heterocycles. The Morgan fingerprint density at radius 2 is 2.14 bits per heavy atom. The highest BCUT2D eigenvalue weighted by molar-refractivity contribution is 5.88. The minimum Gasteiger partial charge on any atom is -0.349 e. The van der Waals surface area contributed by atoms with Crippen molar-refractivity contribution in [3.63, 3.8) is 0 Å². The molecule has 2 aliphatic rings. The van der Waals surface area contributed by atoms with Gasteiger partial charge in [-0.25, -0.2) is 0 Å². The minimum atomic E-state index is 0. The van der Waals surface area contributed by atoms with Gasteiger partial charge in [0, 0.05) is 19.1 Å². The Bertz CT molecular complexity index is 232. The zero-order chi connectivity index (χ0) is 9.26. The molecule has 1 saturated heterocycles. The van der Waals surface area contributed by atoms with Crippen molar-refractivity contribution in [1.29, 1.82) is 0 Å². The summed E-state index contributed by atoms with van der Waals surface area (Å²) >= 11 is 0. The second-order valence-electron chi connectivity index (χ2n) is 3.83. The Morgan fingerprint density at radius 3 is 2.71 bits per heavy atom. The van der Waals surface area contributed by atoms with E-state index in [0.29, 0.717) is 17.9 Å². The van der Waals surface area contributed by atoms with Gasteiger partial charge in [-0.2, -0.15) is 0 Å². The highest BCUT2D eigenvalue weighted by atomic mass is 35.5. The van der Waals surface area contributed by atoms with Gasteiger partial charge >= 0.3 is 0 Å². The lowest BCUT2D eigenvalue weighted by molar-refractivity contribution is -0.116. The first-order valence-electron chi connectivity index (χ1n) is 5.00. The van der Waals surface area contributed by atoms with E-state index in [0.717, 1.165) is 19.5 Å². The number of rotatable bonds is 3. The summed E-state index contributed by atoms with van der Waals surface area (Å²) < 4.78 is 0. The van der Waals surface area contributed by atoms with Crippen LogP contribution in [0, 0.1) is 11.8 Å². The highest BCUT2D eigenvalue weighted by Crippen LogP contribution is 2.41. The van der Waals surface area contributed by atoms with Gasteiger partial charge < -0.3 is 10.6 Å². The second-order valence-corrected chi connectivity index (χ2v) is 3.83. The molecule has 0 aromatic rings. The summed E-state index contributed by atoms with van der Waals surface area (Å²) in [6.45, 7) is 4.18. The van der Waals surface area contributed by atoms with E-state index in [-0.39, 0.29) is 18.3 Å². The number of hydrogen-bond acceptors (Lipinski definition) is 2. The third-order valence-electron chi connectivity index (χ3n) is 2.91. The fourth-order valence-corrected chi connectivity index (χ4v) is 2.07. The summed E-state index contributed by atoms with van der Waals surface area (Å²) in [4.78, 5) is 11.3. The van der Waals surface area contributed by atoms with E-state index in [9.17, 15) is 4.79 Å². The maximum Gasteiger partial charge on any atom is 0.243 e. The molecule has 1 saturated carbocycles. The van der Waals surface area contributed by atoms with Crippen LogP contribution in [0.3, 0.4) is 0 Å². The molecule has 1 aliphatic carbocycles. The lowest BCUT2D eigenvalue weighted by atomic mass is 10.3. The largest absolute Gasteiger partial charge is 0.349 e. The molecule has 2 fully saturated rings. The van der Waals surface area contributed by atoms with Gasteiger partial charge in [0.25, 0.3) is 0 Å². The zero-order valence-electron chi connectivity index (χ0n) is 8.32. The van der Waals surface area contributed by atoms with Crippen LogP contribution in [-0.2, 0) is 4.79 Å². The zero-order valence-corrected chi connectivity index (χ0v) is 9.14. The van der Waals surface area contributed by atoms with Crippen molar-refractivity contribution in [2.45, 2.75) is 19.4 Å². The van der Waals surface area contributed by atoms with Crippen LogP contribution in [0.4, 0.5) is 0 Å². The predicted molar refractivity (Wildman–Crippen MR) is 58.5 cm³/mol. The second kappa shape index (κ2) is 4.80. The number of halogens is 1. The standard InChI is InChI=1S/C10H16N2O.ClH/c1-2-3-4-9(13)12-10-7-5-11-6-8(7)10;/h3-4,7-8,10-11H,2,5-6H2,1H3,(H,12,13);1H/b4-3+;/t7-,8+,10?;. The van der Waals surface area contributed by atoms with Gasteiger partial charge in [-0.1, -0.05) is 13.0 Å². The van der Waals surface area contributed by atoms with Crippen molar-refractivity contribution < 1.29 is 4.79 Å². The van der Waals surface area contributed by atoms with Crippen molar-refractivity contribution >= 4 is 18.3 Å². The lowest BCUT2D eigenvalue weighted by Crippen LogP contribution is -2.31. The Morgan fingerprint density at radius 1 is 1.50 bits per heavy atom. The monoisotopic (exact) mass is 216 g/mol. The summed E-state index contributed by atoms with van der Waals surface area (Å²) in [5.41, 5.74) is 0. The maximum absolute atomic E-state index is 11.3. The highest BCUT2D eigenvalue weighted by Gasteiger charge is 2.53. The Balaban J connectivity index is 0.000000980. The number of carbonyl (C=O) groups excluding carboxylic acids is 1. The lowest BCUT2D eigenvalue weighted by Gasteiger charge is -2.04. The third kappa shape index (κ3) is 2.28. The average Bonchev–Trinajstić information content (AvgIpc) is 2.63. The van der Waals surface area contributed by atoms with Gasteiger partial charge in [0.15, 0.2) is 0 Å². The van der Waals surface area contributed by atoms with Crippen LogP contribution in [0.1, 0.15) is 13.3 Å². The molecule has 3 atom stereocenters. The van der Waals surface area contributed by atoms with Crippen LogP contribution in [0.25, 0.3) is 0 Å². The predicted octanol–water partition coefficient (Wildman–Crippen LogP) is 0.708. The Kier molecular flexibility index (Phi) is 3.96. The van der Waals surface area contributed by atoms with Gasteiger partial charge in [-0.3, -0.25) is 4.79 Å². The van der Waals surface area contributed by atoms with Crippen molar-refractivity contribution in [3.05, 3.63) is 12.2 Å². The molecule has 14 heavy (non-hydrogen) atoms. The Labute approximate surface area is 90.7 Å². The molecule has 1 aliphatic heterocycles. The van der Waals surface area contributed by atoms with Crippen LogP contribution >= 0.6 is 12.4 Å². The van der Waals surface area contributed by atoms with Gasteiger partial charge in [0.1, 0.15) is 0 Å². The van der Waals surface area contributed by atoms with Gasteiger partial charge in [0.05, 0.1) is 0 Å². The molecule has 1 unspecified atom stereocenters. The quantitative estimate of drug-likeness (QED) is 0.683. The van der Waals surface area contributed by atoms with E-state index < -0.39 is 0 Å². The van der Waals surface area contributed by atoms with Gasteiger partial charge in [0.2, 0.25) is 5.91 Å². The van der Waals surface area contributed by atoms with Crippen LogP contribution in [0.15, 0.2) is 12.2 Å². The van der Waals surface area contributed by atoms with Gasteiger partial charge in [-0.05, 0) is 24.3 Å².